The van der Waals surface area contributed by atoms with E-state index >= 15 is 0 Å². The molecule has 5 heteroatoms. The van der Waals surface area contributed by atoms with E-state index in [0.717, 1.165) is 0 Å². The Morgan fingerprint density at radius 3 is 2.62 bits per heavy atom. The zero-order valence-corrected chi connectivity index (χ0v) is 12.5. The standard InChI is InChI=1S/C16H20O5/c1-16(2,3)20-9-8-19-10-13-14(15(17)18)11-6-4-5-7-12(11)21-13/h4-7H,8-10H2,1-3H3,(H,17,18). The van der Waals surface area contributed by atoms with Crippen molar-refractivity contribution in [1.29, 1.82) is 0 Å². The van der Waals surface area contributed by atoms with E-state index in [2.05, 4.69) is 0 Å². The minimum absolute atomic E-state index is 0.115. The van der Waals surface area contributed by atoms with Crippen LogP contribution in [-0.2, 0) is 16.1 Å². The highest BCUT2D eigenvalue weighted by Gasteiger charge is 2.19. The van der Waals surface area contributed by atoms with Crippen molar-refractivity contribution in [2.24, 2.45) is 0 Å². The molecule has 5 nitrogen and oxygen atoms in total. The number of para-hydroxylation sites is 1. The molecular formula is C16H20O5. The molecule has 0 bridgehead atoms. The predicted molar refractivity (Wildman–Crippen MR) is 78.5 cm³/mol. The molecule has 1 aromatic heterocycles. The molecular weight excluding hydrogens is 272 g/mol. The second-order valence-corrected chi connectivity index (χ2v) is 5.71. The number of carboxylic acids is 1. The summed E-state index contributed by atoms with van der Waals surface area (Å²) in [6.07, 6.45) is 0. The second-order valence-electron chi connectivity index (χ2n) is 5.71. The van der Waals surface area contributed by atoms with Crippen LogP contribution in [0, 0.1) is 0 Å². The maximum Gasteiger partial charge on any atom is 0.340 e. The maximum absolute atomic E-state index is 11.4. The Morgan fingerprint density at radius 1 is 1.24 bits per heavy atom. The van der Waals surface area contributed by atoms with E-state index in [1.54, 1.807) is 24.3 Å². The monoisotopic (exact) mass is 292 g/mol. The molecule has 0 aliphatic rings. The van der Waals surface area contributed by atoms with Crippen LogP contribution in [0.5, 0.6) is 0 Å². The van der Waals surface area contributed by atoms with Gasteiger partial charge in [-0.05, 0) is 26.8 Å². The molecule has 0 fully saturated rings. The lowest BCUT2D eigenvalue weighted by Crippen LogP contribution is -2.21. The minimum atomic E-state index is -1.01. The van der Waals surface area contributed by atoms with E-state index in [9.17, 15) is 9.90 Å². The van der Waals surface area contributed by atoms with E-state index in [0.29, 0.717) is 29.9 Å². The van der Waals surface area contributed by atoms with Gasteiger partial charge >= 0.3 is 5.97 Å². The van der Waals surface area contributed by atoms with E-state index in [-0.39, 0.29) is 17.8 Å². The molecule has 0 amide bonds. The smallest absolute Gasteiger partial charge is 0.340 e. The molecule has 0 aliphatic heterocycles. The molecule has 0 atom stereocenters. The number of hydrogen-bond acceptors (Lipinski definition) is 4. The van der Waals surface area contributed by atoms with E-state index in [4.69, 9.17) is 13.9 Å². The van der Waals surface area contributed by atoms with Crippen molar-refractivity contribution in [3.8, 4) is 0 Å². The van der Waals surface area contributed by atoms with Gasteiger partial charge in [0.2, 0.25) is 0 Å². The molecule has 2 rings (SSSR count). The Labute approximate surface area is 123 Å². The molecule has 1 N–H and O–H groups in total. The summed E-state index contributed by atoms with van der Waals surface area (Å²) < 4.78 is 16.5. The highest BCUT2D eigenvalue weighted by Crippen LogP contribution is 2.26. The lowest BCUT2D eigenvalue weighted by molar-refractivity contribution is -0.0394. The first kappa shape index (κ1) is 15.5. The van der Waals surface area contributed by atoms with Crippen LogP contribution in [0.2, 0.25) is 0 Å². The van der Waals surface area contributed by atoms with E-state index in [1.165, 1.54) is 0 Å². The third kappa shape index (κ3) is 4.06. The molecule has 2 aromatic rings. The number of carboxylic acid groups (broad SMARTS) is 1. The molecule has 0 aliphatic carbocycles. The zero-order chi connectivity index (χ0) is 15.5. The van der Waals surface area contributed by atoms with Gasteiger partial charge in [0.25, 0.3) is 0 Å². The number of aromatic carboxylic acids is 1. The minimum Gasteiger partial charge on any atom is -0.478 e. The van der Waals surface area contributed by atoms with Gasteiger partial charge in [-0.15, -0.1) is 0 Å². The molecule has 114 valence electrons. The summed E-state index contributed by atoms with van der Waals surface area (Å²) in [4.78, 5) is 11.4. The van der Waals surface area contributed by atoms with Crippen molar-refractivity contribution < 1.29 is 23.8 Å². The summed E-state index contributed by atoms with van der Waals surface area (Å²) in [6.45, 7) is 6.85. The quantitative estimate of drug-likeness (QED) is 0.826. The second kappa shape index (κ2) is 6.28. The summed E-state index contributed by atoms with van der Waals surface area (Å²) in [5.74, 6) is -0.677. The maximum atomic E-state index is 11.4. The number of furan rings is 1. The van der Waals surface area contributed by atoms with E-state index in [1.807, 2.05) is 20.8 Å². The Kier molecular flexibility index (Phi) is 4.65. The first-order valence-electron chi connectivity index (χ1n) is 6.84. The number of fused-ring (bicyclic) bond motifs is 1. The van der Waals surface area contributed by atoms with E-state index < -0.39 is 5.97 Å². The zero-order valence-electron chi connectivity index (χ0n) is 12.5. The van der Waals surface area contributed by atoms with Crippen LogP contribution in [0.1, 0.15) is 36.9 Å². The predicted octanol–water partition coefficient (Wildman–Crippen LogP) is 3.46. The van der Waals surface area contributed by atoms with Crippen molar-refractivity contribution in [3.63, 3.8) is 0 Å². The van der Waals surface area contributed by atoms with Gasteiger partial charge in [0.05, 0.1) is 18.8 Å². The van der Waals surface area contributed by atoms with Crippen LogP contribution < -0.4 is 0 Å². The van der Waals surface area contributed by atoms with Crippen molar-refractivity contribution in [2.75, 3.05) is 13.2 Å². The fourth-order valence-electron chi connectivity index (χ4n) is 2.00. The van der Waals surface area contributed by atoms with Crippen LogP contribution in [0.4, 0.5) is 0 Å². The van der Waals surface area contributed by atoms with Gasteiger partial charge in [0.15, 0.2) is 0 Å². The van der Waals surface area contributed by atoms with Crippen LogP contribution in [0.15, 0.2) is 28.7 Å². The van der Waals surface area contributed by atoms with Crippen molar-refractivity contribution >= 4 is 16.9 Å². The van der Waals surface area contributed by atoms with Crippen LogP contribution >= 0.6 is 0 Å². The third-order valence-corrected chi connectivity index (χ3v) is 2.88. The van der Waals surface area contributed by atoms with Gasteiger partial charge in [-0.25, -0.2) is 4.79 Å². The van der Waals surface area contributed by atoms with Gasteiger partial charge in [0.1, 0.15) is 23.5 Å². The number of carbonyl (C=O) groups is 1. The Morgan fingerprint density at radius 2 is 1.95 bits per heavy atom. The topological polar surface area (TPSA) is 68.9 Å². The molecule has 21 heavy (non-hydrogen) atoms. The lowest BCUT2D eigenvalue weighted by Gasteiger charge is -2.19. The van der Waals surface area contributed by atoms with Crippen molar-refractivity contribution in [3.05, 3.63) is 35.6 Å². The number of benzene rings is 1. The Hall–Kier alpha value is -1.85. The first-order valence-corrected chi connectivity index (χ1v) is 6.84. The molecule has 0 radical (unpaired) electrons. The van der Waals surface area contributed by atoms with Crippen LogP contribution in [-0.4, -0.2) is 29.9 Å². The normalized spacial score (nSPS) is 12.0. The molecule has 0 saturated heterocycles. The fraction of sp³-hybridized carbons (Fsp3) is 0.438. The Balaban J connectivity index is 2.02. The largest absolute Gasteiger partial charge is 0.478 e. The van der Waals surface area contributed by atoms with Gasteiger partial charge in [-0.3, -0.25) is 0 Å². The van der Waals surface area contributed by atoms with Crippen molar-refractivity contribution in [2.45, 2.75) is 33.0 Å². The molecule has 1 heterocycles. The SMILES string of the molecule is CC(C)(C)OCCOCc1oc2ccccc2c1C(=O)O. The first-order chi connectivity index (χ1) is 9.88. The molecule has 1 aromatic carbocycles. The third-order valence-electron chi connectivity index (χ3n) is 2.88. The van der Waals surface area contributed by atoms with Gasteiger partial charge in [0, 0.05) is 5.39 Å². The number of ether oxygens (including phenoxy) is 2. The average Bonchev–Trinajstić information content (AvgIpc) is 2.75. The molecule has 0 unspecified atom stereocenters. The van der Waals surface area contributed by atoms with Crippen LogP contribution in [0.3, 0.4) is 0 Å². The highest BCUT2D eigenvalue weighted by atomic mass is 16.5. The molecule has 0 spiro atoms. The summed E-state index contributed by atoms with van der Waals surface area (Å²) in [6, 6.07) is 7.06. The number of hydrogen-bond donors (Lipinski definition) is 1. The average molecular weight is 292 g/mol. The summed E-state index contributed by atoms with van der Waals surface area (Å²) >= 11 is 0. The summed E-state index contributed by atoms with van der Waals surface area (Å²) in [7, 11) is 0. The van der Waals surface area contributed by atoms with Crippen LogP contribution in [0.25, 0.3) is 11.0 Å². The van der Waals surface area contributed by atoms with Crippen molar-refractivity contribution in [1.82, 2.24) is 0 Å². The molecule has 0 saturated carbocycles. The highest BCUT2D eigenvalue weighted by molar-refractivity contribution is 6.03. The fourth-order valence-corrected chi connectivity index (χ4v) is 2.00. The summed E-state index contributed by atoms with van der Waals surface area (Å²) in [5.41, 5.74) is 0.511. The summed E-state index contributed by atoms with van der Waals surface area (Å²) in [5, 5.41) is 9.91. The van der Waals surface area contributed by atoms with Gasteiger partial charge < -0.3 is 19.0 Å². The Bertz CT molecular complexity index is 621. The number of rotatable bonds is 6. The van der Waals surface area contributed by atoms with Gasteiger partial charge in [-0.2, -0.15) is 0 Å². The lowest BCUT2D eigenvalue weighted by atomic mass is 10.1. The van der Waals surface area contributed by atoms with Gasteiger partial charge in [-0.1, -0.05) is 18.2 Å².